The molecule has 1 saturated carbocycles. The maximum absolute atomic E-state index is 9.35. The molecule has 128 valence electrons. The van der Waals surface area contributed by atoms with Gasteiger partial charge in [-0.25, -0.2) is 15.0 Å². The summed E-state index contributed by atoms with van der Waals surface area (Å²) in [7, 11) is 0. The molecule has 0 radical (unpaired) electrons. The highest BCUT2D eigenvalue weighted by Gasteiger charge is 2.59. The van der Waals surface area contributed by atoms with E-state index in [1.165, 1.54) is 12.6 Å². The van der Waals surface area contributed by atoms with E-state index in [-0.39, 0.29) is 12.0 Å². The topological polar surface area (TPSA) is 82.3 Å². The summed E-state index contributed by atoms with van der Waals surface area (Å²) in [6, 6.07) is 0. The van der Waals surface area contributed by atoms with E-state index in [0.717, 1.165) is 19.3 Å². The number of hydrogen-bond acceptors (Lipinski definition) is 6. The van der Waals surface area contributed by atoms with Crippen molar-refractivity contribution in [1.29, 1.82) is 0 Å². The van der Waals surface area contributed by atoms with Crippen LogP contribution in [-0.4, -0.2) is 37.5 Å². The molecular formula is C16H19ClN4O3. The van der Waals surface area contributed by atoms with Crippen LogP contribution in [0.3, 0.4) is 0 Å². The summed E-state index contributed by atoms with van der Waals surface area (Å²) in [6.07, 6.45) is 7.01. The van der Waals surface area contributed by atoms with Crippen molar-refractivity contribution in [3.63, 3.8) is 0 Å². The highest BCUT2D eigenvalue weighted by Crippen LogP contribution is 2.55. The van der Waals surface area contributed by atoms with Crippen LogP contribution < -0.4 is 0 Å². The van der Waals surface area contributed by atoms with Gasteiger partial charge in [0, 0.05) is 0 Å². The molecule has 24 heavy (non-hydrogen) atoms. The van der Waals surface area contributed by atoms with Gasteiger partial charge in [0.1, 0.15) is 30.3 Å². The number of halogens is 1. The number of imidazole rings is 1. The third-order valence-corrected chi connectivity index (χ3v) is 5.65. The molecule has 7 nitrogen and oxygen atoms in total. The summed E-state index contributed by atoms with van der Waals surface area (Å²) in [5.74, 6) is 0.430. The van der Waals surface area contributed by atoms with Crippen LogP contribution in [0.25, 0.3) is 11.2 Å². The summed E-state index contributed by atoms with van der Waals surface area (Å²) in [5.41, 5.74) is 0.595. The Morgan fingerprint density at radius 1 is 1.33 bits per heavy atom. The van der Waals surface area contributed by atoms with Gasteiger partial charge in [0.2, 0.25) is 0 Å². The minimum absolute atomic E-state index is 0.124. The van der Waals surface area contributed by atoms with Gasteiger partial charge in [-0.15, -0.1) is 0 Å². The zero-order valence-electron chi connectivity index (χ0n) is 13.6. The maximum Gasteiger partial charge on any atom is 0.264 e. The zero-order valence-corrected chi connectivity index (χ0v) is 14.3. The van der Waals surface area contributed by atoms with Crippen molar-refractivity contribution < 1.29 is 14.6 Å². The van der Waals surface area contributed by atoms with Gasteiger partial charge in [-0.2, -0.15) is 0 Å². The highest BCUT2D eigenvalue weighted by atomic mass is 35.5. The van der Waals surface area contributed by atoms with E-state index in [4.69, 9.17) is 21.1 Å². The number of nitrogens with zero attached hydrogens (tertiary/aromatic N) is 4. The van der Waals surface area contributed by atoms with Gasteiger partial charge in [-0.1, -0.05) is 31.9 Å². The number of hydrogen-bond donors (Lipinski definition) is 1. The molecule has 2 unspecified atom stereocenters. The zero-order chi connectivity index (χ0) is 16.9. The summed E-state index contributed by atoms with van der Waals surface area (Å²) >= 11 is 6.17. The molecule has 8 heteroatoms. The molecule has 2 atom stereocenters. The fourth-order valence-corrected chi connectivity index (χ4v) is 4.24. The predicted octanol–water partition coefficient (Wildman–Crippen LogP) is 2.59. The first kappa shape index (κ1) is 15.7. The van der Waals surface area contributed by atoms with Crippen LogP contribution in [0.2, 0.25) is 5.15 Å². The minimum atomic E-state index is -0.553. The Morgan fingerprint density at radius 3 is 2.83 bits per heavy atom. The van der Waals surface area contributed by atoms with E-state index in [0.29, 0.717) is 22.1 Å². The summed E-state index contributed by atoms with van der Waals surface area (Å²) in [4.78, 5) is 12.8. The molecule has 0 spiro atoms. The van der Waals surface area contributed by atoms with Gasteiger partial charge in [-0.3, -0.25) is 0 Å². The normalized spacial score (nSPS) is 28.7. The first-order valence-electron chi connectivity index (χ1n) is 7.96. The highest BCUT2D eigenvalue weighted by molar-refractivity contribution is 6.33. The Balaban J connectivity index is 1.89. The molecule has 0 bridgehead atoms. The molecule has 1 aliphatic heterocycles. The molecule has 1 fully saturated rings. The number of aliphatic hydroxyl groups excluding tert-OH is 1. The van der Waals surface area contributed by atoms with E-state index < -0.39 is 11.8 Å². The minimum Gasteiger partial charge on any atom is -0.456 e. The Bertz CT molecular complexity index is 819. The van der Waals surface area contributed by atoms with E-state index in [1.807, 2.05) is 4.57 Å². The fraction of sp³-hybridized carbons (Fsp3) is 0.562. The third-order valence-electron chi connectivity index (χ3n) is 5.38. The number of ether oxygens (including phenoxy) is 2. The number of rotatable bonds is 3. The number of aliphatic hydroxyl groups is 1. The smallest absolute Gasteiger partial charge is 0.264 e. The van der Waals surface area contributed by atoms with E-state index in [1.54, 1.807) is 6.33 Å². The summed E-state index contributed by atoms with van der Waals surface area (Å²) in [6.45, 7) is 4.20. The molecule has 1 aliphatic carbocycles. The Hall–Kier alpha value is -1.86. The van der Waals surface area contributed by atoms with Crippen LogP contribution in [0.5, 0.6) is 0 Å². The molecule has 2 aromatic rings. The largest absolute Gasteiger partial charge is 0.456 e. The predicted molar refractivity (Wildman–Crippen MR) is 87.1 cm³/mol. The molecule has 0 amide bonds. The van der Waals surface area contributed by atoms with Crippen LogP contribution in [0.4, 0.5) is 0 Å². The first-order chi connectivity index (χ1) is 11.5. The molecule has 2 aromatic heterocycles. The van der Waals surface area contributed by atoms with Gasteiger partial charge < -0.3 is 19.1 Å². The number of fused-ring (bicyclic) bond motifs is 1. The second kappa shape index (κ2) is 5.32. The molecular weight excluding hydrogens is 332 g/mol. The monoisotopic (exact) mass is 350 g/mol. The van der Waals surface area contributed by atoms with Crippen molar-refractivity contribution in [2.45, 2.75) is 44.9 Å². The van der Waals surface area contributed by atoms with Crippen molar-refractivity contribution in [3.8, 4) is 0 Å². The summed E-state index contributed by atoms with van der Waals surface area (Å²) < 4.78 is 13.7. The molecule has 2 aliphatic rings. The quantitative estimate of drug-likeness (QED) is 0.857. The number of aromatic nitrogens is 4. The van der Waals surface area contributed by atoms with Crippen molar-refractivity contribution in [2.75, 3.05) is 6.61 Å². The van der Waals surface area contributed by atoms with Crippen molar-refractivity contribution in [2.24, 2.45) is 5.41 Å². The third kappa shape index (κ3) is 1.97. The molecule has 3 heterocycles. The average Bonchev–Trinajstić information content (AvgIpc) is 3.24. The first-order valence-corrected chi connectivity index (χ1v) is 8.33. The lowest BCUT2D eigenvalue weighted by Crippen LogP contribution is -2.52. The fourth-order valence-electron chi connectivity index (χ4n) is 4.07. The second-order valence-electron chi connectivity index (χ2n) is 6.94. The summed E-state index contributed by atoms with van der Waals surface area (Å²) in [5, 5.41) is 9.67. The van der Waals surface area contributed by atoms with Crippen molar-refractivity contribution in [3.05, 3.63) is 29.8 Å². The van der Waals surface area contributed by atoms with Gasteiger partial charge in [-0.05, 0) is 18.3 Å². The van der Waals surface area contributed by atoms with Crippen LogP contribution in [0.1, 0.15) is 33.1 Å². The van der Waals surface area contributed by atoms with Crippen LogP contribution in [0.15, 0.2) is 24.7 Å². The van der Waals surface area contributed by atoms with Gasteiger partial charge in [0.05, 0.1) is 6.33 Å². The van der Waals surface area contributed by atoms with Crippen LogP contribution in [-0.2, 0) is 15.0 Å². The standard InChI is InChI=1S/C16H19ClN4O3/c1-15(2)4-3-5-16(15,14-23-7-10(6-22)24-14)21-9-20-11-12(17)18-8-19-13(11)21/h7-9,14,22H,3-6H2,1-2H3. The molecule has 0 saturated heterocycles. The SMILES string of the molecule is CC1(C)CCCC1(C1OC=C(CO)O1)n1cnc2c(Cl)ncnc21. The van der Waals surface area contributed by atoms with Gasteiger partial charge >= 0.3 is 0 Å². The Kier molecular flexibility index (Phi) is 3.47. The Labute approximate surface area is 144 Å². The van der Waals surface area contributed by atoms with Crippen molar-refractivity contribution in [1.82, 2.24) is 19.5 Å². The van der Waals surface area contributed by atoms with Crippen LogP contribution in [0, 0.1) is 5.41 Å². The van der Waals surface area contributed by atoms with Gasteiger partial charge in [0.15, 0.2) is 16.6 Å². The molecule has 1 N–H and O–H groups in total. The Morgan fingerprint density at radius 2 is 2.17 bits per heavy atom. The van der Waals surface area contributed by atoms with E-state index in [2.05, 4.69) is 28.8 Å². The average molecular weight is 351 g/mol. The second-order valence-corrected chi connectivity index (χ2v) is 7.30. The lowest BCUT2D eigenvalue weighted by atomic mass is 9.74. The molecule has 4 rings (SSSR count). The van der Waals surface area contributed by atoms with Gasteiger partial charge in [0.25, 0.3) is 6.29 Å². The lowest BCUT2D eigenvalue weighted by Gasteiger charge is -2.45. The van der Waals surface area contributed by atoms with E-state index in [9.17, 15) is 5.11 Å². The van der Waals surface area contributed by atoms with Crippen molar-refractivity contribution >= 4 is 22.8 Å². The maximum atomic E-state index is 9.35. The molecule has 0 aromatic carbocycles. The van der Waals surface area contributed by atoms with E-state index >= 15 is 0 Å². The lowest BCUT2D eigenvalue weighted by molar-refractivity contribution is -0.151. The van der Waals surface area contributed by atoms with Crippen LogP contribution >= 0.6 is 11.6 Å².